The van der Waals surface area contributed by atoms with Crippen molar-refractivity contribution in [3.8, 4) is 5.75 Å². The van der Waals surface area contributed by atoms with E-state index in [1.807, 2.05) is 24.3 Å². The molecule has 8 heteroatoms. The van der Waals surface area contributed by atoms with Crippen molar-refractivity contribution >= 4 is 15.7 Å². The summed E-state index contributed by atoms with van der Waals surface area (Å²) in [7, 11) is -3.69. The predicted molar refractivity (Wildman–Crippen MR) is 113 cm³/mol. The van der Waals surface area contributed by atoms with Crippen LogP contribution in [0.5, 0.6) is 5.75 Å². The average molecular weight is 430 g/mol. The second kappa shape index (κ2) is 8.10. The molecule has 0 bridgehead atoms. The molecule has 0 unspecified atom stereocenters. The quantitative estimate of drug-likeness (QED) is 0.535. The first-order valence-corrected chi connectivity index (χ1v) is 11.3. The second-order valence-electron chi connectivity index (χ2n) is 7.33. The van der Waals surface area contributed by atoms with Gasteiger partial charge in [-0.05, 0) is 56.2 Å². The maximum Gasteiger partial charge on any atom is 0.268 e. The van der Waals surface area contributed by atoms with E-state index in [1.54, 1.807) is 30.7 Å². The van der Waals surface area contributed by atoms with Crippen LogP contribution >= 0.6 is 0 Å². The van der Waals surface area contributed by atoms with Crippen molar-refractivity contribution in [2.24, 2.45) is 0 Å². The van der Waals surface area contributed by atoms with Crippen molar-refractivity contribution < 1.29 is 17.5 Å². The second-order valence-corrected chi connectivity index (χ2v) is 9.13. The Hall–Kier alpha value is -2.87. The zero-order chi connectivity index (χ0) is 21.3. The maximum atomic E-state index is 13.4. The SMILES string of the molecule is Cc1nn(CCCOc2ccc(F)cc2)c(C)c1S(=O)(=O)N1CCc2ccccc21. The molecular formula is C22H24FN3O3S. The van der Waals surface area contributed by atoms with Gasteiger partial charge in [0.05, 0.1) is 23.7 Å². The third kappa shape index (κ3) is 3.79. The molecule has 4 rings (SSSR count). The average Bonchev–Trinajstić information content (AvgIpc) is 3.28. The highest BCUT2D eigenvalue weighted by Crippen LogP contribution is 2.34. The Labute approximate surface area is 176 Å². The van der Waals surface area contributed by atoms with E-state index in [9.17, 15) is 12.8 Å². The molecule has 0 radical (unpaired) electrons. The highest BCUT2D eigenvalue weighted by Gasteiger charge is 2.34. The first-order valence-electron chi connectivity index (χ1n) is 9.91. The molecule has 1 aromatic heterocycles. The number of halogens is 1. The van der Waals surface area contributed by atoms with Crippen molar-refractivity contribution in [1.82, 2.24) is 9.78 Å². The molecule has 158 valence electrons. The topological polar surface area (TPSA) is 64.4 Å². The van der Waals surface area contributed by atoms with E-state index in [0.29, 0.717) is 49.7 Å². The van der Waals surface area contributed by atoms with Gasteiger partial charge in [-0.25, -0.2) is 12.8 Å². The lowest BCUT2D eigenvalue weighted by atomic mass is 10.2. The summed E-state index contributed by atoms with van der Waals surface area (Å²) in [5, 5.41) is 4.47. The monoisotopic (exact) mass is 429 g/mol. The molecule has 30 heavy (non-hydrogen) atoms. The Bertz CT molecular complexity index is 1160. The van der Waals surface area contributed by atoms with Crippen LogP contribution in [0.25, 0.3) is 0 Å². The minimum Gasteiger partial charge on any atom is -0.494 e. The van der Waals surface area contributed by atoms with E-state index in [4.69, 9.17) is 4.74 Å². The van der Waals surface area contributed by atoms with Crippen molar-refractivity contribution in [1.29, 1.82) is 0 Å². The lowest BCUT2D eigenvalue weighted by molar-refractivity contribution is 0.297. The van der Waals surface area contributed by atoms with Gasteiger partial charge < -0.3 is 4.74 Å². The van der Waals surface area contributed by atoms with Crippen molar-refractivity contribution in [2.75, 3.05) is 17.5 Å². The van der Waals surface area contributed by atoms with Crippen molar-refractivity contribution in [2.45, 2.75) is 38.1 Å². The minimum absolute atomic E-state index is 0.277. The third-order valence-electron chi connectivity index (χ3n) is 5.30. The van der Waals surface area contributed by atoms with Crippen molar-refractivity contribution in [3.05, 3.63) is 71.3 Å². The molecular weight excluding hydrogens is 405 g/mol. The number of nitrogens with zero attached hydrogens (tertiary/aromatic N) is 3. The number of hydrogen-bond acceptors (Lipinski definition) is 4. The van der Waals surface area contributed by atoms with Gasteiger partial charge in [0.15, 0.2) is 0 Å². The number of anilines is 1. The first kappa shape index (κ1) is 20.4. The van der Waals surface area contributed by atoms with E-state index in [0.717, 1.165) is 11.3 Å². The van der Waals surface area contributed by atoms with Gasteiger partial charge in [0.2, 0.25) is 0 Å². The predicted octanol–water partition coefficient (Wildman–Crippen LogP) is 3.86. The number of fused-ring (bicyclic) bond motifs is 1. The molecule has 0 aliphatic carbocycles. The van der Waals surface area contributed by atoms with E-state index >= 15 is 0 Å². The molecule has 0 amide bonds. The van der Waals surface area contributed by atoms with Gasteiger partial charge in [0.25, 0.3) is 10.0 Å². The van der Waals surface area contributed by atoms with Crippen LogP contribution in [0.4, 0.5) is 10.1 Å². The Kier molecular flexibility index (Phi) is 5.51. The van der Waals surface area contributed by atoms with Gasteiger partial charge in [-0.1, -0.05) is 18.2 Å². The molecule has 2 aromatic carbocycles. The molecule has 0 saturated heterocycles. The molecule has 0 saturated carbocycles. The van der Waals surface area contributed by atoms with Gasteiger partial charge in [0, 0.05) is 19.5 Å². The zero-order valence-electron chi connectivity index (χ0n) is 17.0. The number of para-hydroxylation sites is 1. The van der Waals surface area contributed by atoms with E-state index < -0.39 is 10.0 Å². The van der Waals surface area contributed by atoms with E-state index in [1.165, 1.54) is 16.4 Å². The van der Waals surface area contributed by atoms with E-state index in [2.05, 4.69) is 5.10 Å². The summed E-state index contributed by atoms with van der Waals surface area (Å²) in [6.45, 7) is 4.91. The fourth-order valence-corrected chi connectivity index (χ4v) is 5.76. The van der Waals surface area contributed by atoms with Crippen LogP contribution in [0.15, 0.2) is 53.4 Å². The Morgan fingerprint density at radius 3 is 2.60 bits per heavy atom. The smallest absolute Gasteiger partial charge is 0.268 e. The molecule has 0 spiro atoms. The zero-order valence-corrected chi connectivity index (χ0v) is 17.8. The Morgan fingerprint density at radius 1 is 1.10 bits per heavy atom. The number of aryl methyl sites for hydroxylation is 2. The van der Waals surface area contributed by atoms with Crippen LogP contribution in [0, 0.1) is 19.7 Å². The van der Waals surface area contributed by atoms with Crippen LogP contribution in [-0.4, -0.2) is 31.3 Å². The molecule has 1 aliphatic rings. The first-order chi connectivity index (χ1) is 14.4. The summed E-state index contributed by atoms with van der Waals surface area (Å²) < 4.78 is 48.6. The molecule has 0 fully saturated rings. The van der Waals surface area contributed by atoms with E-state index in [-0.39, 0.29) is 10.7 Å². The number of ether oxygens (including phenoxy) is 1. The molecule has 0 atom stereocenters. The summed E-state index contributed by atoms with van der Waals surface area (Å²) >= 11 is 0. The lowest BCUT2D eigenvalue weighted by Gasteiger charge is -2.19. The largest absolute Gasteiger partial charge is 0.494 e. The standard InChI is InChI=1S/C22H24FN3O3S/c1-16-22(30(27,28)26-14-12-18-6-3-4-7-21(18)26)17(2)25(24-16)13-5-15-29-20-10-8-19(23)9-11-20/h3-4,6-11H,5,12-15H2,1-2H3. The van der Waals surface area contributed by atoms with Gasteiger partial charge in [-0.3, -0.25) is 8.99 Å². The molecule has 3 aromatic rings. The number of aromatic nitrogens is 2. The van der Waals surface area contributed by atoms with Gasteiger partial charge in [0.1, 0.15) is 16.5 Å². The Balaban J connectivity index is 1.47. The maximum absolute atomic E-state index is 13.4. The summed E-state index contributed by atoms with van der Waals surface area (Å²) in [6, 6.07) is 13.5. The Morgan fingerprint density at radius 2 is 1.83 bits per heavy atom. The number of benzene rings is 2. The fraction of sp³-hybridized carbons (Fsp3) is 0.318. The van der Waals surface area contributed by atoms with Crippen LogP contribution in [-0.2, 0) is 23.0 Å². The summed E-state index contributed by atoms with van der Waals surface area (Å²) in [4.78, 5) is 0.277. The molecule has 0 N–H and O–H groups in total. The molecule has 1 aliphatic heterocycles. The summed E-state index contributed by atoms with van der Waals surface area (Å²) in [5.41, 5.74) is 2.91. The summed E-state index contributed by atoms with van der Waals surface area (Å²) in [5.74, 6) is 0.292. The number of rotatable bonds is 7. The fourth-order valence-electron chi connectivity index (χ4n) is 3.87. The van der Waals surface area contributed by atoms with Gasteiger partial charge in [-0.15, -0.1) is 0 Å². The minimum atomic E-state index is -3.69. The summed E-state index contributed by atoms with van der Waals surface area (Å²) in [6.07, 6.45) is 1.35. The highest BCUT2D eigenvalue weighted by molar-refractivity contribution is 7.93. The molecule has 6 nitrogen and oxygen atoms in total. The third-order valence-corrected chi connectivity index (χ3v) is 7.37. The number of hydrogen-bond donors (Lipinski definition) is 0. The van der Waals surface area contributed by atoms with Gasteiger partial charge >= 0.3 is 0 Å². The van der Waals surface area contributed by atoms with Gasteiger partial charge in [-0.2, -0.15) is 5.10 Å². The normalized spacial score (nSPS) is 13.5. The van der Waals surface area contributed by atoms with Crippen LogP contribution in [0.3, 0.4) is 0 Å². The van der Waals surface area contributed by atoms with Crippen LogP contribution < -0.4 is 9.04 Å². The van der Waals surface area contributed by atoms with Crippen LogP contribution in [0.1, 0.15) is 23.4 Å². The number of sulfonamides is 1. The highest BCUT2D eigenvalue weighted by atomic mass is 32.2. The molecule has 2 heterocycles. The van der Waals surface area contributed by atoms with Crippen molar-refractivity contribution in [3.63, 3.8) is 0 Å². The lowest BCUT2D eigenvalue weighted by Crippen LogP contribution is -2.30. The van der Waals surface area contributed by atoms with Crippen LogP contribution in [0.2, 0.25) is 0 Å².